The van der Waals surface area contributed by atoms with Crippen LogP contribution in [0.4, 0.5) is 0 Å². The van der Waals surface area contributed by atoms with E-state index in [-0.39, 0.29) is 10.8 Å². The van der Waals surface area contributed by atoms with E-state index in [1.165, 1.54) is 27.8 Å². The molecule has 0 unspecified atom stereocenters. The molecule has 0 amide bonds. The second-order valence-corrected chi connectivity index (χ2v) is 10.3. The minimum Gasteiger partial charge on any atom is -0.497 e. The van der Waals surface area contributed by atoms with Crippen LogP contribution in [0, 0.1) is 20.8 Å². The average molecular weight is 419 g/mol. The van der Waals surface area contributed by atoms with Crippen LogP contribution in [0.5, 0.6) is 5.75 Å². The molecule has 1 nitrogen and oxygen atoms in total. The molecule has 0 aliphatic carbocycles. The first kappa shape index (κ1) is 26.5. The van der Waals surface area contributed by atoms with Crippen molar-refractivity contribution in [3.05, 3.63) is 101 Å². The third kappa shape index (κ3) is 10.4. The fourth-order valence-electron chi connectivity index (χ4n) is 2.86. The predicted octanol–water partition coefficient (Wildman–Crippen LogP) is 8.59. The minimum atomic E-state index is 0.242. The summed E-state index contributed by atoms with van der Waals surface area (Å²) in [6.07, 6.45) is 0. The zero-order valence-electron chi connectivity index (χ0n) is 21.3. The standard InChI is InChI=1S/C15H24.C8H10O.C7H8/c1-11-8-12(14(2,3)4)10-13(9-11)15(5,6)7;1-7-3-5-8(9-2)6-4-7;1-7-5-3-2-4-6-7/h8-10H,1-7H3;3-6H,1-2H3;2-6H,1H3. The highest BCUT2D eigenvalue weighted by Crippen LogP contribution is 2.29. The first-order valence-corrected chi connectivity index (χ1v) is 11.1. The maximum Gasteiger partial charge on any atom is 0.118 e. The van der Waals surface area contributed by atoms with E-state index in [1.54, 1.807) is 7.11 Å². The van der Waals surface area contributed by atoms with Crippen molar-refractivity contribution in [3.63, 3.8) is 0 Å². The summed E-state index contributed by atoms with van der Waals surface area (Å²) in [6.45, 7) is 20.0. The largest absolute Gasteiger partial charge is 0.497 e. The summed E-state index contributed by atoms with van der Waals surface area (Å²) in [7, 11) is 1.67. The molecule has 0 aliphatic heterocycles. The van der Waals surface area contributed by atoms with Crippen LogP contribution in [-0.4, -0.2) is 7.11 Å². The van der Waals surface area contributed by atoms with E-state index in [0.717, 1.165) is 5.75 Å². The smallest absolute Gasteiger partial charge is 0.118 e. The first-order chi connectivity index (χ1) is 14.3. The fourth-order valence-corrected chi connectivity index (χ4v) is 2.86. The lowest BCUT2D eigenvalue weighted by Gasteiger charge is -2.25. The number of hydrogen-bond acceptors (Lipinski definition) is 1. The second-order valence-electron chi connectivity index (χ2n) is 10.3. The Hall–Kier alpha value is -2.54. The van der Waals surface area contributed by atoms with Gasteiger partial charge in [-0.15, -0.1) is 0 Å². The molecule has 168 valence electrons. The van der Waals surface area contributed by atoms with Crippen LogP contribution in [-0.2, 0) is 10.8 Å². The van der Waals surface area contributed by atoms with Gasteiger partial charge < -0.3 is 4.74 Å². The summed E-state index contributed by atoms with van der Waals surface area (Å²) in [4.78, 5) is 0. The van der Waals surface area contributed by atoms with Crippen LogP contribution in [0.3, 0.4) is 0 Å². The van der Waals surface area contributed by atoms with Crippen molar-refractivity contribution < 1.29 is 4.74 Å². The van der Waals surface area contributed by atoms with E-state index in [2.05, 4.69) is 92.6 Å². The Morgan fingerprint density at radius 1 is 0.516 bits per heavy atom. The summed E-state index contributed by atoms with van der Waals surface area (Å²) in [5.74, 6) is 0.917. The molecule has 1 heteroatoms. The molecule has 0 aliphatic rings. The number of rotatable bonds is 1. The average Bonchev–Trinajstić information content (AvgIpc) is 2.68. The number of hydrogen-bond donors (Lipinski definition) is 0. The van der Waals surface area contributed by atoms with E-state index in [1.807, 2.05) is 42.5 Å². The lowest BCUT2D eigenvalue weighted by atomic mass is 9.80. The molecule has 0 spiro atoms. The predicted molar refractivity (Wildman–Crippen MR) is 137 cm³/mol. The quantitative estimate of drug-likeness (QED) is 0.384. The Morgan fingerprint density at radius 2 is 0.935 bits per heavy atom. The molecule has 0 bridgehead atoms. The third-order valence-corrected chi connectivity index (χ3v) is 5.01. The van der Waals surface area contributed by atoms with Gasteiger partial charge in [-0.1, -0.05) is 119 Å². The molecular formula is C30H42O. The summed E-state index contributed by atoms with van der Waals surface area (Å²) in [5.41, 5.74) is 7.31. The Bertz CT molecular complexity index is 860. The molecule has 0 atom stereocenters. The lowest BCUT2D eigenvalue weighted by Crippen LogP contribution is -2.16. The molecule has 31 heavy (non-hydrogen) atoms. The zero-order chi connectivity index (χ0) is 23.7. The van der Waals surface area contributed by atoms with Crippen LogP contribution in [0.15, 0.2) is 72.8 Å². The molecular weight excluding hydrogens is 376 g/mol. The van der Waals surface area contributed by atoms with Crippen molar-refractivity contribution in [2.75, 3.05) is 7.11 Å². The first-order valence-electron chi connectivity index (χ1n) is 11.1. The van der Waals surface area contributed by atoms with Gasteiger partial charge in [0.25, 0.3) is 0 Å². The fraction of sp³-hybridized carbons (Fsp3) is 0.400. The Balaban J connectivity index is 0.000000254. The van der Waals surface area contributed by atoms with Crippen molar-refractivity contribution in [3.8, 4) is 5.75 Å². The molecule has 0 saturated carbocycles. The minimum absolute atomic E-state index is 0.242. The van der Waals surface area contributed by atoms with Crippen molar-refractivity contribution in [1.82, 2.24) is 0 Å². The second kappa shape index (κ2) is 11.7. The van der Waals surface area contributed by atoms with Crippen molar-refractivity contribution >= 4 is 0 Å². The van der Waals surface area contributed by atoms with Gasteiger partial charge in [-0.3, -0.25) is 0 Å². The molecule has 3 aromatic rings. The number of benzene rings is 3. The van der Waals surface area contributed by atoms with Crippen LogP contribution in [0.25, 0.3) is 0 Å². The van der Waals surface area contributed by atoms with E-state index in [4.69, 9.17) is 4.74 Å². The molecule has 0 radical (unpaired) electrons. The van der Waals surface area contributed by atoms with Gasteiger partial charge >= 0.3 is 0 Å². The van der Waals surface area contributed by atoms with Crippen molar-refractivity contribution in [2.24, 2.45) is 0 Å². The zero-order valence-corrected chi connectivity index (χ0v) is 21.3. The highest BCUT2D eigenvalue weighted by Gasteiger charge is 2.19. The molecule has 3 rings (SSSR count). The maximum absolute atomic E-state index is 4.97. The Morgan fingerprint density at radius 3 is 1.26 bits per heavy atom. The summed E-state index contributed by atoms with van der Waals surface area (Å²) < 4.78 is 4.97. The summed E-state index contributed by atoms with van der Waals surface area (Å²) in [6, 6.07) is 25.2. The molecule has 0 aromatic heterocycles. The monoisotopic (exact) mass is 418 g/mol. The van der Waals surface area contributed by atoms with Crippen LogP contribution < -0.4 is 4.74 Å². The normalized spacial score (nSPS) is 10.9. The summed E-state index contributed by atoms with van der Waals surface area (Å²) >= 11 is 0. The van der Waals surface area contributed by atoms with E-state index in [9.17, 15) is 0 Å². The highest BCUT2D eigenvalue weighted by atomic mass is 16.5. The van der Waals surface area contributed by atoms with Crippen LogP contribution in [0.2, 0.25) is 0 Å². The van der Waals surface area contributed by atoms with Crippen molar-refractivity contribution in [1.29, 1.82) is 0 Å². The van der Waals surface area contributed by atoms with Gasteiger partial charge in [0, 0.05) is 0 Å². The number of aryl methyl sites for hydroxylation is 3. The molecule has 0 fully saturated rings. The Labute approximate surface area is 191 Å². The highest BCUT2D eigenvalue weighted by molar-refractivity contribution is 5.36. The van der Waals surface area contributed by atoms with E-state index < -0.39 is 0 Å². The van der Waals surface area contributed by atoms with Gasteiger partial charge in [0.15, 0.2) is 0 Å². The third-order valence-electron chi connectivity index (χ3n) is 5.01. The van der Waals surface area contributed by atoms with Gasteiger partial charge in [-0.25, -0.2) is 0 Å². The number of ether oxygens (including phenoxy) is 1. The van der Waals surface area contributed by atoms with E-state index >= 15 is 0 Å². The van der Waals surface area contributed by atoms with E-state index in [0.29, 0.717) is 0 Å². The maximum atomic E-state index is 4.97. The van der Waals surface area contributed by atoms with Crippen LogP contribution >= 0.6 is 0 Å². The number of methoxy groups -OCH3 is 1. The Kier molecular flexibility index (Phi) is 10.0. The molecule has 0 N–H and O–H groups in total. The van der Waals surface area contributed by atoms with Gasteiger partial charge in [0.2, 0.25) is 0 Å². The van der Waals surface area contributed by atoms with Crippen molar-refractivity contribution in [2.45, 2.75) is 73.1 Å². The summed E-state index contributed by atoms with van der Waals surface area (Å²) in [5, 5.41) is 0. The SMILES string of the molecule is COc1ccc(C)cc1.Cc1cc(C(C)(C)C)cc(C(C)(C)C)c1.Cc1ccccc1. The van der Waals surface area contributed by atoms with Crippen LogP contribution in [0.1, 0.15) is 69.4 Å². The van der Waals surface area contributed by atoms with Gasteiger partial charge in [0.05, 0.1) is 7.11 Å². The molecule has 0 saturated heterocycles. The topological polar surface area (TPSA) is 9.23 Å². The molecule has 0 heterocycles. The van der Waals surface area contributed by atoms with Gasteiger partial charge in [-0.05, 0) is 54.9 Å². The molecule has 3 aromatic carbocycles. The van der Waals surface area contributed by atoms with Gasteiger partial charge in [0.1, 0.15) is 5.75 Å². The van der Waals surface area contributed by atoms with Gasteiger partial charge in [-0.2, -0.15) is 0 Å². The lowest BCUT2D eigenvalue weighted by molar-refractivity contribution is 0.414.